The van der Waals surface area contributed by atoms with Gasteiger partial charge in [0.15, 0.2) is 9.84 Å². The molecule has 6 heteroatoms. The summed E-state index contributed by atoms with van der Waals surface area (Å²) in [6.07, 6.45) is 0. The molecule has 1 aromatic rings. The van der Waals surface area contributed by atoms with Crippen LogP contribution in [0.2, 0.25) is 0 Å². The molecule has 108 valence electrons. The summed E-state index contributed by atoms with van der Waals surface area (Å²) in [5.74, 6) is 0.734. The summed E-state index contributed by atoms with van der Waals surface area (Å²) >= 11 is 6.78. The summed E-state index contributed by atoms with van der Waals surface area (Å²) in [7, 11) is -3.14. The molecule has 0 fully saturated rings. The molecule has 0 aliphatic heterocycles. The summed E-state index contributed by atoms with van der Waals surface area (Å²) in [5, 5.41) is 0.661. The molecule has 0 aliphatic carbocycles. The van der Waals surface area contributed by atoms with Crippen LogP contribution in [0.1, 0.15) is 26.3 Å². The number of rotatable bonds is 5. The fourth-order valence-corrected chi connectivity index (χ4v) is 3.12. The van der Waals surface area contributed by atoms with Gasteiger partial charge in [0.05, 0.1) is 10.5 Å². The van der Waals surface area contributed by atoms with Crippen LogP contribution in [-0.2, 0) is 15.2 Å². The first-order chi connectivity index (χ1) is 8.67. The Hall–Kier alpha value is -0.0700. The molecular weight excluding hydrogens is 396 g/mol. The maximum absolute atomic E-state index is 12.0. The van der Waals surface area contributed by atoms with E-state index in [4.69, 9.17) is 4.74 Å². The Morgan fingerprint density at radius 3 is 2.42 bits per heavy atom. The molecule has 0 saturated carbocycles. The highest BCUT2D eigenvalue weighted by Crippen LogP contribution is 2.25. The Morgan fingerprint density at radius 1 is 1.26 bits per heavy atom. The summed E-state index contributed by atoms with van der Waals surface area (Å²) in [5.41, 5.74) is 0.988. The highest BCUT2D eigenvalue weighted by molar-refractivity contribution is 9.10. The largest absolute Gasteiger partial charge is 0.492 e. The minimum Gasteiger partial charge on any atom is -0.492 e. The second-order valence-electron chi connectivity index (χ2n) is 5.17. The SMILES string of the molecule is CC(C)(C)S(=O)(=O)CCOc1ccc(Br)cc1CBr. The maximum Gasteiger partial charge on any atom is 0.158 e. The molecule has 19 heavy (non-hydrogen) atoms. The fraction of sp³-hybridized carbons (Fsp3) is 0.538. The number of benzene rings is 1. The number of hydrogen-bond donors (Lipinski definition) is 0. The second-order valence-corrected chi connectivity index (χ2v) is 9.50. The molecule has 0 radical (unpaired) electrons. The summed E-state index contributed by atoms with van der Waals surface area (Å²) in [6, 6.07) is 5.66. The average molecular weight is 414 g/mol. The number of sulfone groups is 1. The van der Waals surface area contributed by atoms with Crippen LogP contribution in [0.4, 0.5) is 0 Å². The fourth-order valence-electron chi connectivity index (χ4n) is 1.36. The van der Waals surface area contributed by atoms with E-state index in [-0.39, 0.29) is 12.4 Å². The minimum atomic E-state index is -3.14. The smallest absolute Gasteiger partial charge is 0.158 e. The molecule has 0 atom stereocenters. The lowest BCUT2D eigenvalue weighted by molar-refractivity contribution is 0.337. The Bertz CT molecular complexity index is 533. The van der Waals surface area contributed by atoms with Gasteiger partial charge < -0.3 is 4.74 Å². The summed E-state index contributed by atoms with van der Waals surface area (Å²) < 4.78 is 29.7. The van der Waals surface area contributed by atoms with E-state index in [1.807, 2.05) is 18.2 Å². The molecule has 0 amide bonds. The van der Waals surface area contributed by atoms with Gasteiger partial charge in [-0.2, -0.15) is 0 Å². The molecule has 1 rings (SSSR count). The number of hydrogen-bond acceptors (Lipinski definition) is 3. The van der Waals surface area contributed by atoms with Crippen molar-refractivity contribution in [2.24, 2.45) is 0 Å². The van der Waals surface area contributed by atoms with Gasteiger partial charge in [0.25, 0.3) is 0 Å². The van der Waals surface area contributed by atoms with Crippen LogP contribution in [0.5, 0.6) is 5.75 Å². The molecular formula is C13H18Br2O3S. The van der Waals surface area contributed by atoms with Crippen LogP contribution in [0.25, 0.3) is 0 Å². The van der Waals surface area contributed by atoms with Crippen molar-refractivity contribution < 1.29 is 13.2 Å². The summed E-state index contributed by atoms with van der Waals surface area (Å²) in [4.78, 5) is 0. The zero-order valence-electron chi connectivity index (χ0n) is 11.2. The first-order valence-electron chi connectivity index (χ1n) is 5.87. The van der Waals surface area contributed by atoms with Crippen molar-refractivity contribution in [1.82, 2.24) is 0 Å². The van der Waals surface area contributed by atoms with Crippen LogP contribution in [0, 0.1) is 0 Å². The van der Waals surface area contributed by atoms with E-state index in [1.165, 1.54) is 0 Å². The van der Waals surface area contributed by atoms with Crippen molar-refractivity contribution in [3.8, 4) is 5.75 Å². The monoisotopic (exact) mass is 412 g/mol. The van der Waals surface area contributed by atoms with Crippen LogP contribution < -0.4 is 4.74 Å². The zero-order chi connectivity index (χ0) is 14.7. The van der Waals surface area contributed by atoms with E-state index >= 15 is 0 Å². The lowest BCUT2D eigenvalue weighted by atomic mass is 10.2. The summed E-state index contributed by atoms with van der Waals surface area (Å²) in [6.45, 7) is 5.27. The van der Waals surface area contributed by atoms with Gasteiger partial charge in [0, 0.05) is 15.4 Å². The Balaban J connectivity index is 2.69. The van der Waals surface area contributed by atoms with Gasteiger partial charge in [-0.05, 0) is 39.0 Å². The number of alkyl halides is 1. The molecule has 0 bridgehead atoms. The lowest BCUT2D eigenvalue weighted by Gasteiger charge is -2.19. The van der Waals surface area contributed by atoms with Gasteiger partial charge >= 0.3 is 0 Å². The topological polar surface area (TPSA) is 43.4 Å². The highest BCUT2D eigenvalue weighted by atomic mass is 79.9. The Kier molecular flexibility index (Phi) is 5.89. The van der Waals surface area contributed by atoms with Gasteiger partial charge in [-0.15, -0.1) is 0 Å². The molecule has 0 unspecified atom stereocenters. The molecule has 0 spiro atoms. The normalized spacial score (nSPS) is 12.5. The highest BCUT2D eigenvalue weighted by Gasteiger charge is 2.28. The molecule has 3 nitrogen and oxygen atoms in total. The Morgan fingerprint density at radius 2 is 1.89 bits per heavy atom. The van der Waals surface area contributed by atoms with Gasteiger partial charge in [-0.25, -0.2) is 8.42 Å². The van der Waals surface area contributed by atoms with Crippen LogP contribution >= 0.6 is 31.9 Å². The van der Waals surface area contributed by atoms with Crippen molar-refractivity contribution in [3.05, 3.63) is 28.2 Å². The van der Waals surface area contributed by atoms with Crippen molar-refractivity contribution >= 4 is 41.7 Å². The van der Waals surface area contributed by atoms with E-state index in [9.17, 15) is 8.42 Å². The molecule has 0 saturated heterocycles. The number of ether oxygens (including phenoxy) is 1. The molecule has 0 aliphatic rings. The average Bonchev–Trinajstić information content (AvgIpc) is 2.29. The third kappa shape index (κ3) is 4.76. The third-order valence-corrected chi connectivity index (χ3v) is 6.38. The molecule has 0 heterocycles. The zero-order valence-corrected chi connectivity index (χ0v) is 15.2. The van der Waals surface area contributed by atoms with E-state index in [0.717, 1.165) is 10.0 Å². The minimum absolute atomic E-state index is 0.0221. The molecule has 1 aromatic carbocycles. The van der Waals surface area contributed by atoms with E-state index < -0.39 is 14.6 Å². The number of halogens is 2. The van der Waals surface area contributed by atoms with Gasteiger partial charge in [-0.3, -0.25) is 0 Å². The van der Waals surface area contributed by atoms with Crippen LogP contribution in [0.3, 0.4) is 0 Å². The van der Waals surface area contributed by atoms with E-state index in [0.29, 0.717) is 11.1 Å². The predicted octanol–water partition coefficient (Wildman–Crippen LogP) is 3.94. The van der Waals surface area contributed by atoms with Crippen molar-refractivity contribution in [2.75, 3.05) is 12.4 Å². The standard InChI is InChI=1S/C13H18Br2O3S/c1-13(2,3)19(16,17)7-6-18-12-5-4-11(15)8-10(12)9-14/h4-5,8H,6-7,9H2,1-3H3. The quantitative estimate of drug-likeness (QED) is 0.686. The maximum atomic E-state index is 12.0. The van der Waals surface area contributed by atoms with Crippen LogP contribution in [0.15, 0.2) is 22.7 Å². The molecule has 0 N–H and O–H groups in total. The van der Waals surface area contributed by atoms with Crippen molar-refractivity contribution in [3.63, 3.8) is 0 Å². The third-order valence-electron chi connectivity index (χ3n) is 2.71. The lowest BCUT2D eigenvalue weighted by Crippen LogP contribution is -2.32. The first-order valence-corrected chi connectivity index (χ1v) is 9.43. The van der Waals surface area contributed by atoms with Crippen LogP contribution in [-0.4, -0.2) is 25.5 Å². The first kappa shape index (κ1) is 17.0. The van der Waals surface area contributed by atoms with Gasteiger partial charge in [-0.1, -0.05) is 31.9 Å². The second kappa shape index (κ2) is 6.59. The van der Waals surface area contributed by atoms with Crippen molar-refractivity contribution in [2.45, 2.75) is 30.8 Å². The van der Waals surface area contributed by atoms with Gasteiger partial charge in [0.1, 0.15) is 12.4 Å². The Labute approximate surface area is 131 Å². The van der Waals surface area contributed by atoms with E-state index in [2.05, 4.69) is 31.9 Å². The van der Waals surface area contributed by atoms with E-state index in [1.54, 1.807) is 20.8 Å². The van der Waals surface area contributed by atoms with Crippen molar-refractivity contribution in [1.29, 1.82) is 0 Å². The predicted molar refractivity (Wildman–Crippen MR) is 85.8 cm³/mol. The molecule has 0 aromatic heterocycles. The van der Waals surface area contributed by atoms with Gasteiger partial charge in [0.2, 0.25) is 0 Å².